The zero-order chi connectivity index (χ0) is 18.7. The Morgan fingerprint density at radius 3 is 2.58 bits per heavy atom. The van der Waals surface area contributed by atoms with Gasteiger partial charge in [0.1, 0.15) is 0 Å². The van der Waals surface area contributed by atoms with E-state index in [2.05, 4.69) is 15.3 Å². The second kappa shape index (κ2) is 7.61. The minimum absolute atomic E-state index is 0.334. The van der Waals surface area contributed by atoms with E-state index in [0.717, 1.165) is 16.3 Å². The average molecular weight is 369 g/mol. The number of nitrogens with zero attached hydrogens (tertiary/aromatic N) is 2. The van der Waals surface area contributed by atoms with Crippen molar-refractivity contribution in [2.45, 2.75) is 33.4 Å². The highest BCUT2D eigenvalue weighted by Crippen LogP contribution is 2.16. The number of esters is 1. The summed E-state index contributed by atoms with van der Waals surface area (Å²) >= 11 is 1.56. The van der Waals surface area contributed by atoms with E-state index >= 15 is 0 Å². The van der Waals surface area contributed by atoms with Crippen LogP contribution in [0, 0.1) is 13.8 Å². The van der Waals surface area contributed by atoms with Gasteiger partial charge in [-0.15, -0.1) is 11.3 Å². The lowest BCUT2D eigenvalue weighted by Crippen LogP contribution is -2.35. The monoisotopic (exact) mass is 369 g/mol. The Balaban J connectivity index is 1.65. The Morgan fingerprint density at radius 1 is 1.15 bits per heavy atom. The maximum Gasteiger partial charge on any atom is 0.338 e. The largest absolute Gasteiger partial charge is 0.449 e. The first-order valence-corrected chi connectivity index (χ1v) is 9.08. The zero-order valence-electron chi connectivity index (χ0n) is 14.8. The first kappa shape index (κ1) is 18.0. The number of carbonyl (C=O) groups excluding carboxylic acids is 2. The fourth-order valence-electron chi connectivity index (χ4n) is 2.37. The number of thiophene rings is 1. The van der Waals surface area contributed by atoms with Crippen LogP contribution in [-0.4, -0.2) is 27.9 Å². The van der Waals surface area contributed by atoms with E-state index in [4.69, 9.17) is 4.74 Å². The molecule has 1 amide bonds. The normalized spacial score (nSPS) is 12.0. The van der Waals surface area contributed by atoms with Crippen LogP contribution >= 0.6 is 11.3 Å². The summed E-state index contributed by atoms with van der Waals surface area (Å²) in [6.07, 6.45) is -0.885. The first-order chi connectivity index (χ1) is 12.4. The molecule has 1 N–H and O–H groups in total. The van der Waals surface area contributed by atoms with Gasteiger partial charge in [-0.05, 0) is 50.4 Å². The maximum absolute atomic E-state index is 12.3. The number of nitrogens with one attached hydrogen (secondary N) is 1. The molecule has 134 valence electrons. The van der Waals surface area contributed by atoms with Crippen LogP contribution in [0.15, 0.2) is 35.7 Å². The number of ether oxygens (including phenoxy) is 1. The highest BCUT2D eigenvalue weighted by Gasteiger charge is 2.19. The van der Waals surface area contributed by atoms with Crippen molar-refractivity contribution in [2.75, 3.05) is 0 Å². The summed E-state index contributed by atoms with van der Waals surface area (Å²) in [4.78, 5) is 34.3. The Kier molecular flexibility index (Phi) is 5.27. The quantitative estimate of drug-likeness (QED) is 0.699. The third-order valence-corrected chi connectivity index (χ3v) is 4.86. The summed E-state index contributed by atoms with van der Waals surface area (Å²) in [5, 5.41) is 4.70. The molecule has 3 rings (SSSR count). The highest BCUT2D eigenvalue weighted by molar-refractivity contribution is 7.09. The van der Waals surface area contributed by atoms with Crippen molar-refractivity contribution < 1.29 is 14.3 Å². The molecular weight excluding hydrogens is 350 g/mol. The van der Waals surface area contributed by atoms with E-state index < -0.39 is 12.1 Å². The van der Waals surface area contributed by atoms with Crippen LogP contribution in [0.1, 0.15) is 33.5 Å². The number of carbonyl (C=O) groups is 2. The van der Waals surface area contributed by atoms with Crippen molar-refractivity contribution in [3.63, 3.8) is 0 Å². The Bertz CT molecular complexity index is 954. The van der Waals surface area contributed by atoms with Crippen molar-refractivity contribution in [3.8, 4) is 0 Å². The molecule has 0 spiro atoms. The van der Waals surface area contributed by atoms with Gasteiger partial charge >= 0.3 is 5.97 Å². The molecule has 0 aliphatic heterocycles. The Morgan fingerprint density at radius 2 is 1.88 bits per heavy atom. The smallest absolute Gasteiger partial charge is 0.338 e. The van der Waals surface area contributed by atoms with Gasteiger partial charge in [0.05, 0.1) is 34.5 Å². The summed E-state index contributed by atoms with van der Waals surface area (Å²) in [5.41, 5.74) is 3.34. The van der Waals surface area contributed by atoms with Crippen LogP contribution in [-0.2, 0) is 16.1 Å². The Labute approximate surface area is 155 Å². The van der Waals surface area contributed by atoms with Gasteiger partial charge in [-0.3, -0.25) is 4.79 Å². The van der Waals surface area contributed by atoms with Crippen LogP contribution in [0.4, 0.5) is 0 Å². The molecule has 0 aliphatic carbocycles. The molecule has 0 fully saturated rings. The molecule has 2 aromatic heterocycles. The van der Waals surface area contributed by atoms with Gasteiger partial charge in [-0.2, -0.15) is 0 Å². The van der Waals surface area contributed by atoms with Gasteiger partial charge in [-0.25, -0.2) is 14.8 Å². The molecule has 26 heavy (non-hydrogen) atoms. The summed E-state index contributed by atoms with van der Waals surface area (Å²) in [6.45, 7) is 5.73. The number of aryl methyl sites for hydroxylation is 2. The van der Waals surface area contributed by atoms with Crippen LogP contribution in [0.2, 0.25) is 0 Å². The number of rotatable bonds is 5. The minimum Gasteiger partial charge on any atom is -0.449 e. The zero-order valence-corrected chi connectivity index (χ0v) is 15.6. The molecule has 1 aromatic carbocycles. The standard InChI is InChI=1S/C19H19N3O3S/c1-11-12(2)22-17-9-14(6-7-16(17)21-11)19(24)25-13(3)18(23)20-10-15-5-4-8-26-15/h4-9,13H,10H2,1-3H3,(H,20,23)/t13-/m0/s1. The van der Waals surface area contributed by atoms with Gasteiger partial charge in [0.25, 0.3) is 5.91 Å². The van der Waals surface area contributed by atoms with E-state index in [9.17, 15) is 9.59 Å². The van der Waals surface area contributed by atoms with Crippen LogP contribution in [0.25, 0.3) is 11.0 Å². The van der Waals surface area contributed by atoms with Gasteiger partial charge in [0.15, 0.2) is 6.10 Å². The topological polar surface area (TPSA) is 81.2 Å². The molecule has 0 bridgehead atoms. The van der Waals surface area contributed by atoms with Crippen LogP contribution in [0.5, 0.6) is 0 Å². The van der Waals surface area contributed by atoms with Crippen molar-refractivity contribution in [2.24, 2.45) is 0 Å². The van der Waals surface area contributed by atoms with Crippen molar-refractivity contribution in [3.05, 3.63) is 57.5 Å². The molecule has 6 nitrogen and oxygen atoms in total. The van der Waals surface area contributed by atoms with Crippen LogP contribution < -0.4 is 5.32 Å². The highest BCUT2D eigenvalue weighted by atomic mass is 32.1. The van der Waals surface area contributed by atoms with Crippen molar-refractivity contribution in [1.29, 1.82) is 0 Å². The number of amides is 1. The number of aromatic nitrogens is 2. The lowest BCUT2D eigenvalue weighted by Gasteiger charge is -2.13. The summed E-state index contributed by atoms with van der Waals surface area (Å²) in [6, 6.07) is 8.84. The molecule has 1 atom stereocenters. The number of fused-ring (bicyclic) bond motifs is 1. The van der Waals surface area contributed by atoms with Crippen molar-refractivity contribution in [1.82, 2.24) is 15.3 Å². The third-order valence-electron chi connectivity index (χ3n) is 3.98. The van der Waals surface area contributed by atoms with Gasteiger partial charge < -0.3 is 10.1 Å². The SMILES string of the molecule is Cc1nc2ccc(C(=O)O[C@@H](C)C(=O)NCc3cccs3)cc2nc1C. The molecular formula is C19H19N3O3S. The molecule has 0 saturated carbocycles. The maximum atomic E-state index is 12.3. The lowest BCUT2D eigenvalue weighted by atomic mass is 10.2. The van der Waals surface area contributed by atoms with E-state index in [1.165, 1.54) is 0 Å². The molecule has 2 heterocycles. The van der Waals surface area contributed by atoms with Crippen LogP contribution in [0.3, 0.4) is 0 Å². The number of benzene rings is 1. The third kappa shape index (κ3) is 4.05. The average Bonchev–Trinajstić information content (AvgIpc) is 3.13. The number of hydrogen-bond donors (Lipinski definition) is 1. The lowest BCUT2D eigenvalue weighted by molar-refractivity contribution is -0.129. The second-order valence-electron chi connectivity index (χ2n) is 5.94. The summed E-state index contributed by atoms with van der Waals surface area (Å²) in [7, 11) is 0. The first-order valence-electron chi connectivity index (χ1n) is 8.20. The molecule has 0 radical (unpaired) electrons. The molecule has 3 aromatic rings. The van der Waals surface area contributed by atoms with E-state index in [0.29, 0.717) is 23.1 Å². The predicted molar refractivity (Wildman–Crippen MR) is 100 cm³/mol. The summed E-state index contributed by atoms with van der Waals surface area (Å²) < 4.78 is 5.28. The molecule has 7 heteroatoms. The minimum atomic E-state index is -0.885. The summed E-state index contributed by atoms with van der Waals surface area (Å²) in [5.74, 6) is -0.899. The second-order valence-corrected chi connectivity index (χ2v) is 6.97. The fourth-order valence-corrected chi connectivity index (χ4v) is 3.02. The van der Waals surface area contributed by atoms with E-state index in [1.54, 1.807) is 36.5 Å². The Hall–Kier alpha value is -2.80. The van der Waals surface area contributed by atoms with Gasteiger partial charge in [-0.1, -0.05) is 6.07 Å². The van der Waals surface area contributed by atoms with Gasteiger partial charge in [0, 0.05) is 4.88 Å². The van der Waals surface area contributed by atoms with Crippen molar-refractivity contribution >= 4 is 34.2 Å². The molecule has 0 aliphatic rings. The number of hydrogen-bond acceptors (Lipinski definition) is 6. The van der Waals surface area contributed by atoms with E-state index in [-0.39, 0.29) is 5.91 Å². The molecule has 0 saturated heterocycles. The predicted octanol–water partition coefficient (Wildman–Crippen LogP) is 3.17. The van der Waals surface area contributed by atoms with Gasteiger partial charge in [0.2, 0.25) is 0 Å². The molecule has 0 unspecified atom stereocenters. The van der Waals surface area contributed by atoms with E-state index in [1.807, 2.05) is 31.4 Å². The fraction of sp³-hybridized carbons (Fsp3) is 0.263.